The standard InChI is InChI=1S/C34H13F11N4O4S2/c1-10-12(33(48-2)49-3)6-14-16(10)17(20-23(35)27(39)31(54(4,50)51)28(40)24(20)36)15-7-13(11(8-46)9-47)22(34(43,44)45)19(15)18(14)21-25(37)29(41)32(55(5,52)53)30(42)26(21)38/h6-7H2,1,4-5H3. The molecule has 0 amide bonds. The summed E-state index contributed by atoms with van der Waals surface area (Å²) in [6.45, 7) is 15.7. The zero-order chi connectivity index (χ0) is 41.6. The molecule has 282 valence electrons. The first-order valence-electron chi connectivity index (χ1n) is 14.5. The maximum absolute atomic E-state index is 16.1. The van der Waals surface area contributed by atoms with E-state index < -0.39 is 173 Å². The van der Waals surface area contributed by atoms with Crippen molar-refractivity contribution in [2.45, 2.75) is 35.7 Å². The number of halogens is 11. The monoisotopic (exact) mass is 814 g/mol. The van der Waals surface area contributed by atoms with E-state index in [1.165, 1.54) is 0 Å². The maximum Gasteiger partial charge on any atom is 0.523 e. The molecule has 0 saturated heterocycles. The van der Waals surface area contributed by atoms with Crippen LogP contribution in [0.2, 0.25) is 0 Å². The van der Waals surface area contributed by atoms with Crippen LogP contribution in [0.4, 0.5) is 48.3 Å². The highest BCUT2D eigenvalue weighted by Gasteiger charge is 2.47. The molecule has 0 saturated carbocycles. The molecular weight excluding hydrogens is 802 g/mol. The van der Waals surface area contributed by atoms with Crippen molar-refractivity contribution in [1.29, 1.82) is 10.5 Å². The zero-order valence-corrected chi connectivity index (χ0v) is 28.9. The third kappa shape index (κ3) is 5.82. The van der Waals surface area contributed by atoms with Gasteiger partial charge in [0.15, 0.2) is 66.2 Å². The van der Waals surface area contributed by atoms with E-state index in [4.69, 9.17) is 13.1 Å². The molecular formula is C34H13F11N4O4S2. The lowest BCUT2D eigenvalue weighted by molar-refractivity contribution is -0.0695. The van der Waals surface area contributed by atoms with Gasteiger partial charge < -0.3 is 0 Å². The van der Waals surface area contributed by atoms with E-state index in [-0.39, 0.29) is 12.5 Å². The lowest BCUT2D eigenvalue weighted by Gasteiger charge is -2.20. The molecule has 21 heteroatoms. The smallest absolute Gasteiger partial charge is 0.224 e. The molecule has 0 bridgehead atoms. The normalized spacial score (nSPS) is 13.9. The van der Waals surface area contributed by atoms with Gasteiger partial charge >= 0.3 is 12.0 Å². The number of hydrogen-bond acceptors (Lipinski definition) is 6. The van der Waals surface area contributed by atoms with Crippen molar-refractivity contribution in [1.82, 2.24) is 0 Å². The van der Waals surface area contributed by atoms with E-state index in [9.17, 15) is 27.4 Å². The van der Waals surface area contributed by atoms with Crippen molar-refractivity contribution in [3.8, 4) is 34.4 Å². The van der Waals surface area contributed by atoms with Crippen LogP contribution in [0.25, 0.3) is 43.1 Å². The summed E-state index contributed by atoms with van der Waals surface area (Å²) in [6.07, 6.45) is -8.22. The van der Waals surface area contributed by atoms with Crippen molar-refractivity contribution in [3.63, 3.8) is 0 Å². The Morgan fingerprint density at radius 1 is 0.618 bits per heavy atom. The molecule has 2 aliphatic carbocycles. The summed E-state index contributed by atoms with van der Waals surface area (Å²) in [7, 11) is -10.3. The first-order valence-corrected chi connectivity index (χ1v) is 18.3. The second kappa shape index (κ2) is 13.1. The Hall–Kier alpha value is -6.03. The van der Waals surface area contributed by atoms with Crippen LogP contribution in [0, 0.1) is 82.3 Å². The topological polar surface area (TPSA) is 125 Å². The molecule has 0 aromatic heterocycles. The van der Waals surface area contributed by atoms with E-state index in [0.29, 0.717) is 0 Å². The molecule has 0 fully saturated rings. The Morgan fingerprint density at radius 2 is 0.964 bits per heavy atom. The number of sulfone groups is 2. The van der Waals surface area contributed by atoms with Crippen LogP contribution in [0.1, 0.15) is 18.1 Å². The van der Waals surface area contributed by atoms with Crippen LogP contribution in [0.5, 0.6) is 0 Å². The first-order chi connectivity index (χ1) is 25.3. The minimum atomic E-state index is -5.86. The van der Waals surface area contributed by atoms with E-state index >= 15 is 48.3 Å². The van der Waals surface area contributed by atoms with E-state index in [2.05, 4.69) is 9.69 Å². The van der Waals surface area contributed by atoms with Crippen molar-refractivity contribution in [2.75, 3.05) is 12.5 Å². The van der Waals surface area contributed by atoms with E-state index in [1.807, 2.05) is 0 Å². The van der Waals surface area contributed by atoms with Gasteiger partial charge in [0.25, 0.3) is 0 Å². The average molecular weight is 815 g/mol. The van der Waals surface area contributed by atoms with Gasteiger partial charge in [0.05, 0.1) is 22.3 Å². The molecule has 2 aliphatic rings. The summed E-state index contributed by atoms with van der Waals surface area (Å²) in [5.74, 6) is -21.9. The number of alkyl halides is 3. The van der Waals surface area contributed by atoms with Crippen LogP contribution < -0.4 is 10.4 Å². The number of benzene rings is 3. The first kappa shape index (κ1) is 40.2. The summed E-state index contributed by atoms with van der Waals surface area (Å²) in [5, 5.41) is 16.6. The van der Waals surface area contributed by atoms with E-state index in [0.717, 1.165) is 19.1 Å². The Bertz CT molecular complexity index is 2910. The molecule has 0 heterocycles. The Labute approximate surface area is 302 Å². The summed E-state index contributed by atoms with van der Waals surface area (Å²) in [5.41, 5.74) is -15.2. The van der Waals surface area contributed by atoms with E-state index in [1.54, 1.807) is 0 Å². The molecule has 0 N–H and O–H groups in total. The van der Waals surface area contributed by atoms with Gasteiger partial charge in [0.1, 0.15) is 40.6 Å². The van der Waals surface area contributed by atoms with Gasteiger partial charge in [0, 0.05) is 24.5 Å². The molecule has 0 atom stereocenters. The third-order valence-electron chi connectivity index (χ3n) is 8.77. The highest BCUT2D eigenvalue weighted by atomic mass is 32.2. The fourth-order valence-electron chi connectivity index (χ4n) is 6.73. The minimum Gasteiger partial charge on any atom is -0.224 e. The predicted molar refractivity (Wildman–Crippen MR) is 167 cm³/mol. The van der Waals surface area contributed by atoms with Gasteiger partial charge in [0.2, 0.25) is 0 Å². The fourth-order valence-corrected chi connectivity index (χ4v) is 8.39. The SMILES string of the molecule is [C-]#[N+]C([N+]#[C-])=C1Cc2c(-c3c(F)c(F)c(S(C)(=O)=O)c(F)c3F)c3c(c(-c4c(F)c(F)c(S(C)(=O)=O)c(F)c4F)c2=C1C)CC(=C(C#N)C#N)C=3C(F)(F)F. The van der Waals surface area contributed by atoms with Crippen molar-refractivity contribution in [2.24, 2.45) is 0 Å². The molecule has 8 nitrogen and oxygen atoms in total. The summed E-state index contributed by atoms with van der Waals surface area (Å²) in [6, 6.07) is 2.26. The predicted octanol–water partition coefficient (Wildman–Crippen LogP) is 6.33. The van der Waals surface area contributed by atoms with Crippen LogP contribution in [-0.4, -0.2) is 35.5 Å². The molecule has 0 radical (unpaired) electrons. The van der Waals surface area contributed by atoms with Gasteiger partial charge in [-0.05, 0) is 51.6 Å². The second-order valence-corrected chi connectivity index (χ2v) is 15.8. The van der Waals surface area contributed by atoms with Crippen LogP contribution in [0.15, 0.2) is 32.3 Å². The van der Waals surface area contributed by atoms with Crippen LogP contribution in [-0.2, 0) is 32.5 Å². The lowest BCUT2D eigenvalue weighted by Crippen LogP contribution is -2.29. The molecule has 0 aliphatic heterocycles. The molecule has 3 aromatic rings. The number of nitriles is 2. The lowest BCUT2D eigenvalue weighted by atomic mass is 9.85. The number of fused-ring (bicyclic) bond motifs is 2. The van der Waals surface area contributed by atoms with Gasteiger partial charge in [-0.15, -0.1) is 0 Å². The zero-order valence-electron chi connectivity index (χ0n) is 27.3. The molecule has 5 rings (SSSR count). The van der Waals surface area contributed by atoms with Crippen molar-refractivity contribution < 1.29 is 65.1 Å². The quantitative estimate of drug-likeness (QED) is 0.131. The van der Waals surface area contributed by atoms with Crippen molar-refractivity contribution >= 4 is 30.8 Å². The molecule has 55 heavy (non-hydrogen) atoms. The second-order valence-electron chi connectivity index (χ2n) is 11.9. The number of nitrogens with zero attached hydrogens (tertiary/aromatic N) is 4. The number of hydrogen-bond donors (Lipinski definition) is 0. The largest absolute Gasteiger partial charge is 0.523 e. The van der Waals surface area contributed by atoms with Crippen LogP contribution in [0.3, 0.4) is 0 Å². The fraction of sp³-hybridized carbons (Fsp3) is 0.176. The summed E-state index contributed by atoms with van der Waals surface area (Å²) >= 11 is 0. The van der Waals surface area contributed by atoms with Crippen LogP contribution >= 0.6 is 0 Å². The summed E-state index contributed by atoms with van der Waals surface area (Å²) in [4.78, 5) is 1.51. The third-order valence-corrected chi connectivity index (χ3v) is 11.0. The van der Waals surface area contributed by atoms with Gasteiger partial charge in [-0.2, -0.15) is 33.4 Å². The van der Waals surface area contributed by atoms with Gasteiger partial charge in [-0.3, -0.25) is 0 Å². The average Bonchev–Trinajstić information content (AvgIpc) is 3.63. The maximum atomic E-state index is 16.1. The Morgan fingerprint density at radius 3 is 1.29 bits per heavy atom. The van der Waals surface area contributed by atoms with Gasteiger partial charge in [-0.25, -0.2) is 52.0 Å². The molecule has 3 aromatic carbocycles. The number of allylic oxidation sites excluding steroid dienone is 3. The number of rotatable bonds is 4. The van der Waals surface area contributed by atoms with Crippen molar-refractivity contribution in [3.05, 3.63) is 113 Å². The minimum absolute atomic E-state index is 0.122. The molecule has 0 spiro atoms. The Kier molecular flexibility index (Phi) is 9.55. The van der Waals surface area contributed by atoms with Gasteiger partial charge in [-0.1, -0.05) is 0 Å². The Balaban J connectivity index is 2.33. The highest BCUT2D eigenvalue weighted by molar-refractivity contribution is 7.91. The molecule has 0 unspecified atom stereocenters. The summed E-state index contributed by atoms with van der Waals surface area (Å²) < 4.78 is 221. The highest BCUT2D eigenvalue weighted by Crippen LogP contribution is 2.47.